The Balaban J connectivity index is 1.49. The summed E-state index contributed by atoms with van der Waals surface area (Å²) in [4.78, 5) is 29.8. The molecule has 0 radical (unpaired) electrons. The number of esters is 1. The molecule has 1 atom stereocenters. The second kappa shape index (κ2) is 9.88. The van der Waals surface area contributed by atoms with Crippen molar-refractivity contribution in [2.75, 3.05) is 29.9 Å². The van der Waals surface area contributed by atoms with Crippen molar-refractivity contribution in [2.24, 2.45) is 0 Å². The Morgan fingerprint density at radius 2 is 1.72 bits per heavy atom. The fraction of sp³-hybridized carbons (Fsp3) is 0.286. The van der Waals surface area contributed by atoms with E-state index in [1.807, 2.05) is 6.92 Å². The van der Waals surface area contributed by atoms with Gasteiger partial charge in [-0.3, -0.25) is 14.6 Å². The molecule has 39 heavy (non-hydrogen) atoms. The lowest BCUT2D eigenvalue weighted by atomic mass is 9.88. The highest BCUT2D eigenvalue weighted by atomic mass is 19.4. The van der Waals surface area contributed by atoms with Crippen molar-refractivity contribution in [2.45, 2.75) is 31.9 Å². The van der Waals surface area contributed by atoms with Crippen molar-refractivity contribution in [3.8, 4) is 5.75 Å². The van der Waals surface area contributed by atoms with E-state index in [0.29, 0.717) is 30.0 Å². The number of benzene rings is 3. The molecule has 2 aliphatic heterocycles. The first kappa shape index (κ1) is 26.5. The summed E-state index contributed by atoms with van der Waals surface area (Å²) in [6.45, 7) is 4.55. The van der Waals surface area contributed by atoms with Gasteiger partial charge in [0.1, 0.15) is 17.2 Å². The van der Waals surface area contributed by atoms with Crippen molar-refractivity contribution in [3.63, 3.8) is 0 Å². The third-order valence-corrected chi connectivity index (χ3v) is 6.92. The predicted octanol–water partition coefficient (Wildman–Crippen LogP) is 5.75. The van der Waals surface area contributed by atoms with Gasteiger partial charge in [0.05, 0.1) is 17.7 Å². The fourth-order valence-electron chi connectivity index (χ4n) is 5.03. The first-order valence-corrected chi connectivity index (χ1v) is 12.3. The molecule has 1 unspecified atom stereocenters. The first-order valence-electron chi connectivity index (χ1n) is 12.3. The lowest BCUT2D eigenvalue weighted by molar-refractivity contribution is -0.274. The summed E-state index contributed by atoms with van der Waals surface area (Å²) in [6.07, 6.45) is -4.84. The number of likely N-dealkylation sites (tertiary alicyclic amines) is 1. The Morgan fingerprint density at radius 3 is 2.33 bits per heavy atom. The summed E-state index contributed by atoms with van der Waals surface area (Å²) in [5.74, 6) is -1.65. The molecule has 1 amide bonds. The number of nitrogens with zero attached hydrogens (tertiary/aromatic N) is 2. The van der Waals surface area contributed by atoms with Crippen LogP contribution >= 0.6 is 0 Å². The molecular weight excluding hydrogens is 518 g/mol. The number of hydrogen-bond acceptors (Lipinski definition) is 6. The zero-order valence-corrected chi connectivity index (χ0v) is 21.1. The summed E-state index contributed by atoms with van der Waals surface area (Å²) in [5, 5.41) is 3.41. The number of amides is 1. The molecule has 3 aromatic carbocycles. The van der Waals surface area contributed by atoms with Gasteiger partial charge in [-0.05, 0) is 74.0 Å². The van der Waals surface area contributed by atoms with E-state index in [9.17, 15) is 27.2 Å². The van der Waals surface area contributed by atoms with Crippen molar-refractivity contribution in [1.82, 2.24) is 4.90 Å². The molecular formula is C28H25F4N3O4. The molecule has 3 aromatic rings. The molecule has 7 nitrogen and oxygen atoms in total. The highest BCUT2D eigenvalue weighted by molar-refractivity contribution is 6.13. The number of carbonyl (C=O) groups is 2. The van der Waals surface area contributed by atoms with Gasteiger partial charge in [0.25, 0.3) is 5.91 Å². The zero-order valence-electron chi connectivity index (χ0n) is 21.1. The Hall–Kier alpha value is -4.12. The zero-order chi connectivity index (χ0) is 27.9. The molecule has 11 heteroatoms. The van der Waals surface area contributed by atoms with Crippen molar-refractivity contribution in [1.29, 1.82) is 0 Å². The number of rotatable bonds is 6. The number of anilines is 2. The monoisotopic (exact) mass is 543 g/mol. The van der Waals surface area contributed by atoms with Crippen LogP contribution in [0, 0.1) is 5.82 Å². The fourth-order valence-corrected chi connectivity index (χ4v) is 5.03. The molecule has 204 valence electrons. The minimum Gasteiger partial charge on any atom is -0.462 e. The predicted molar refractivity (Wildman–Crippen MR) is 135 cm³/mol. The smallest absolute Gasteiger partial charge is 0.462 e. The molecule has 0 aromatic heterocycles. The van der Waals surface area contributed by atoms with Gasteiger partial charge in [-0.25, -0.2) is 9.18 Å². The average molecular weight is 544 g/mol. The van der Waals surface area contributed by atoms with Gasteiger partial charge < -0.3 is 14.8 Å². The van der Waals surface area contributed by atoms with Crippen molar-refractivity contribution in [3.05, 3.63) is 89.2 Å². The van der Waals surface area contributed by atoms with Crippen LogP contribution in [0.5, 0.6) is 5.75 Å². The van der Waals surface area contributed by atoms with Crippen LogP contribution in [0.15, 0.2) is 66.7 Å². The summed E-state index contributed by atoms with van der Waals surface area (Å²) in [7, 11) is 0. The standard InChI is InChI=1S/C28H25F4N3O4/c1-3-38-26(37)19-6-13-23-24(14-19)33-27(15-34(16-27)17(2)18-4-7-20(29)8-5-18)35(25(23)36)21-9-11-22(12-10-21)39-28(30,31)32/h4-14,17,33H,3,15-16H2,1-2H3. The van der Waals surface area contributed by atoms with E-state index in [1.165, 1.54) is 41.3 Å². The Labute approximate surface area is 221 Å². The number of hydrogen-bond donors (Lipinski definition) is 1. The number of fused-ring (bicyclic) bond motifs is 1. The van der Waals surface area contributed by atoms with Crippen LogP contribution < -0.4 is 15.0 Å². The summed E-state index contributed by atoms with van der Waals surface area (Å²) >= 11 is 0. The van der Waals surface area contributed by atoms with E-state index in [0.717, 1.165) is 17.7 Å². The Bertz CT molecular complexity index is 1390. The molecule has 1 spiro atoms. The summed E-state index contributed by atoms with van der Waals surface area (Å²) in [6, 6.07) is 15.7. The maximum Gasteiger partial charge on any atom is 0.573 e. The summed E-state index contributed by atoms with van der Waals surface area (Å²) in [5.41, 5.74) is 1.33. The largest absolute Gasteiger partial charge is 0.573 e. The number of alkyl halides is 3. The van der Waals surface area contributed by atoms with Crippen molar-refractivity contribution >= 4 is 23.3 Å². The molecule has 0 aliphatic carbocycles. The lowest BCUT2D eigenvalue weighted by Gasteiger charge is -2.59. The average Bonchev–Trinajstić information content (AvgIpc) is 2.87. The van der Waals surface area contributed by atoms with Gasteiger partial charge in [-0.15, -0.1) is 13.2 Å². The van der Waals surface area contributed by atoms with E-state index < -0.39 is 23.7 Å². The third kappa shape index (κ3) is 5.14. The van der Waals surface area contributed by atoms with Gasteiger partial charge in [-0.1, -0.05) is 12.1 Å². The summed E-state index contributed by atoms with van der Waals surface area (Å²) < 4.78 is 60.5. The molecule has 1 saturated heterocycles. The van der Waals surface area contributed by atoms with Crippen LogP contribution in [0.2, 0.25) is 0 Å². The number of ether oxygens (including phenoxy) is 2. The van der Waals surface area contributed by atoms with Crippen LogP contribution in [-0.4, -0.2) is 48.5 Å². The molecule has 5 rings (SSSR count). The first-order chi connectivity index (χ1) is 18.5. The topological polar surface area (TPSA) is 71.1 Å². The van der Waals surface area contributed by atoms with E-state index >= 15 is 0 Å². The highest BCUT2D eigenvalue weighted by Crippen LogP contribution is 2.43. The number of halogens is 4. The van der Waals surface area contributed by atoms with E-state index in [4.69, 9.17) is 4.74 Å². The second-order valence-electron chi connectivity index (χ2n) is 9.45. The SMILES string of the molecule is CCOC(=O)c1ccc2c(c1)NC1(CN(C(C)c3ccc(F)cc3)C1)N(c1ccc(OC(F)(F)F)cc1)C2=O. The van der Waals surface area contributed by atoms with Gasteiger partial charge in [0.15, 0.2) is 0 Å². The van der Waals surface area contributed by atoms with Crippen LogP contribution in [0.25, 0.3) is 0 Å². The van der Waals surface area contributed by atoms with Gasteiger partial charge in [-0.2, -0.15) is 0 Å². The third-order valence-electron chi connectivity index (χ3n) is 6.92. The van der Waals surface area contributed by atoms with Crippen molar-refractivity contribution < 1.29 is 36.6 Å². The maximum atomic E-state index is 13.8. The van der Waals surface area contributed by atoms with E-state index in [-0.39, 0.29) is 29.9 Å². The van der Waals surface area contributed by atoms with Crippen LogP contribution in [0.4, 0.5) is 28.9 Å². The van der Waals surface area contributed by atoms with Crippen LogP contribution in [0.1, 0.15) is 46.2 Å². The lowest BCUT2D eigenvalue weighted by Crippen LogP contribution is -2.77. The van der Waals surface area contributed by atoms with Gasteiger partial charge in [0, 0.05) is 30.5 Å². The van der Waals surface area contributed by atoms with E-state index in [2.05, 4.69) is 15.0 Å². The molecule has 0 saturated carbocycles. The van der Waals surface area contributed by atoms with Crippen LogP contribution in [0.3, 0.4) is 0 Å². The molecule has 2 aliphatic rings. The van der Waals surface area contributed by atoms with Crippen LogP contribution in [-0.2, 0) is 4.74 Å². The molecule has 0 bridgehead atoms. The quantitative estimate of drug-likeness (QED) is 0.316. The number of nitrogens with one attached hydrogen (secondary N) is 1. The Kier molecular flexibility index (Phi) is 6.71. The normalized spacial score (nSPS) is 17.2. The Morgan fingerprint density at radius 1 is 1.05 bits per heavy atom. The minimum absolute atomic E-state index is 0.107. The second-order valence-corrected chi connectivity index (χ2v) is 9.45. The number of carbonyl (C=O) groups excluding carboxylic acids is 2. The molecule has 2 heterocycles. The van der Waals surface area contributed by atoms with E-state index in [1.54, 1.807) is 25.1 Å². The molecule has 1 N–H and O–H groups in total. The van der Waals surface area contributed by atoms with Gasteiger partial charge in [0.2, 0.25) is 0 Å². The van der Waals surface area contributed by atoms with Gasteiger partial charge >= 0.3 is 12.3 Å². The minimum atomic E-state index is -4.84. The highest BCUT2D eigenvalue weighted by Gasteiger charge is 2.54. The maximum absolute atomic E-state index is 13.8. The molecule has 1 fully saturated rings.